The normalized spacial score (nSPS) is 17.9. The van der Waals surface area contributed by atoms with Gasteiger partial charge in [-0.3, -0.25) is 14.8 Å². The fourth-order valence-corrected chi connectivity index (χ4v) is 5.90. The van der Waals surface area contributed by atoms with E-state index in [4.69, 9.17) is 4.42 Å². The van der Waals surface area contributed by atoms with Crippen molar-refractivity contribution < 1.29 is 9.21 Å². The molecule has 38 heavy (non-hydrogen) atoms. The van der Waals surface area contributed by atoms with Crippen LogP contribution in [0, 0.1) is 10.8 Å². The number of hydrogen-bond donors (Lipinski definition) is 0. The van der Waals surface area contributed by atoms with Gasteiger partial charge >= 0.3 is 0 Å². The number of rotatable bonds is 3. The zero-order chi connectivity index (χ0) is 26.8. The Balaban J connectivity index is 1.55. The first-order chi connectivity index (χ1) is 18.0. The van der Waals surface area contributed by atoms with Gasteiger partial charge in [-0.25, -0.2) is 0 Å². The molecule has 2 aliphatic carbocycles. The van der Waals surface area contributed by atoms with Crippen LogP contribution in [-0.2, 0) is 17.6 Å². The highest BCUT2D eigenvalue weighted by Crippen LogP contribution is 2.45. The van der Waals surface area contributed by atoms with E-state index in [9.17, 15) is 4.79 Å². The van der Waals surface area contributed by atoms with Gasteiger partial charge in [0.05, 0.1) is 5.69 Å². The summed E-state index contributed by atoms with van der Waals surface area (Å²) in [6, 6.07) is 17.0. The zero-order valence-corrected chi connectivity index (χ0v) is 23.5. The van der Waals surface area contributed by atoms with E-state index < -0.39 is 0 Å². The second-order valence-electron chi connectivity index (χ2n) is 13.0. The molecule has 196 valence electrons. The van der Waals surface area contributed by atoms with Gasteiger partial charge in [-0.05, 0) is 78.0 Å². The van der Waals surface area contributed by atoms with Crippen molar-refractivity contribution >= 4 is 28.1 Å². The third-order valence-electron chi connectivity index (χ3n) is 8.02. The molecule has 0 radical (unpaired) electrons. The molecule has 6 rings (SSSR count). The SMILES string of the molecule is CC(C)(C)C1=CC(=C(c2cc3ccccc3o2)N2CN2c2cccc3c2CCCC3)C=C(C(C)(C)C)C1=O. The van der Waals surface area contributed by atoms with Crippen LogP contribution in [0.3, 0.4) is 0 Å². The molecule has 0 saturated carbocycles. The first-order valence-electron chi connectivity index (χ1n) is 13.9. The zero-order valence-electron chi connectivity index (χ0n) is 23.5. The average molecular weight is 507 g/mol. The van der Waals surface area contributed by atoms with Crippen LogP contribution >= 0.6 is 0 Å². The summed E-state index contributed by atoms with van der Waals surface area (Å²) in [4.78, 5) is 13.7. The molecule has 1 aromatic heterocycles. The van der Waals surface area contributed by atoms with Crippen LogP contribution < -0.4 is 5.01 Å². The number of benzene rings is 2. The van der Waals surface area contributed by atoms with Crippen LogP contribution in [0.1, 0.15) is 71.3 Å². The van der Waals surface area contributed by atoms with Crippen molar-refractivity contribution in [3.8, 4) is 0 Å². The molecule has 0 amide bonds. The standard InChI is InChI=1S/C34H38N2O2/c1-33(2,3)26-18-24(19-27(32(26)37)34(4,5)6)31(30-20-23-13-8-10-17-29(23)38-30)36-21-35(36)28-16-11-14-22-12-7-9-15-25(22)28/h8,10-11,13-14,16-20H,7,9,12,15,21H2,1-6H3. The highest BCUT2D eigenvalue weighted by atomic mass is 16.3. The Morgan fingerprint density at radius 1 is 0.842 bits per heavy atom. The van der Waals surface area contributed by atoms with Gasteiger partial charge in [0.1, 0.15) is 17.9 Å². The lowest BCUT2D eigenvalue weighted by Gasteiger charge is -2.32. The maximum absolute atomic E-state index is 13.7. The fraction of sp³-hybridized carbons (Fsp3) is 0.382. The maximum atomic E-state index is 13.7. The van der Waals surface area contributed by atoms with Crippen molar-refractivity contribution in [1.82, 2.24) is 5.01 Å². The summed E-state index contributed by atoms with van der Waals surface area (Å²) in [5, 5.41) is 5.77. The van der Waals surface area contributed by atoms with Crippen LogP contribution in [0.15, 0.2) is 81.8 Å². The van der Waals surface area contributed by atoms with E-state index in [2.05, 4.69) is 94.0 Å². The van der Waals surface area contributed by atoms with Gasteiger partial charge in [0, 0.05) is 22.1 Å². The number of ketones is 1. The second kappa shape index (κ2) is 8.76. The predicted molar refractivity (Wildman–Crippen MR) is 155 cm³/mol. The van der Waals surface area contributed by atoms with Crippen molar-refractivity contribution in [2.75, 3.05) is 11.7 Å². The van der Waals surface area contributed by atoms with Crippen LogP contribution in [0.4, 0.5) is 5.69 Å². The molecule has 4 heteroatoms. The Hall–Kier alpha value is -3.53. The van der Waals surface area contributed by atoms with Gasteiger partial charge in [0.25, 0.3) is 0 Å². The first-order valence-corrected chi connectivity index (χ1v) is 13.9. The van der Waals surface area contributed by atoms with E-state index >= 15 is 0 Å². The summed E-state index contributed by atoms with van der Waals surface area (Å²) >= 11 is 0. The number of Topliss-reactive ketones (excluding diaryl/α,β-unsaturated/α-hetero) is 1. The van der Waals surface area contributed by atoms with Crippen LogP contribution in [0.25, 0.3) is 16.7 Å². The molecular formula is C34H38N2O2. The monoisotopic (exact) mass is 506 g/mol. The number of carbonyl (C=O) groups excluding carboxylic acids is 1. The summed E-state index contributed by atoms with van der Waals surface area (Å²) in [7, 11) is 0. The fourth-order valence-electron chi connectivity index (χ4n) is 5.90. The van der Waals surface area contributed by atoms with E-state index in [1.807, 2.05) is 18.2 Å². The molecule has 3 aliphatic rings. The Kier molecular flexibility index (Phi) is 5.71. The van der Waals surface area contributed by atoms with Gasteiger partial charge in [0.2, 0.25) is 0 Å². The number of allylic oxidation sites excluding steroid dienone is 5. The maximum Gasteiger partial charge on any atom is 0.186 e. The summed E-state index contributed by atoms with van der Waals surface area (Å²) in [6.07, 6.45) is 9.01. The van der Waals surface area contributed by atoms with Crippen LogP contribution in [0.2, 0.25) is 0 Å². The van der Waals surface area contributed by atoms with Gasteiger partial charge in [-0.1, -0.05) is 71.9 Å². The minimum atomic E-state index is -0.275. The first kappa shape index (κ1) is 24.8. The minimum Gasteiger partial charge on any atom is -0.454 e. The molecule has 1 aliphatic heterocycles. The summed E-state index contributed by atoms with van der Waals surface area (Å²) in [5.41, 5.74) is 8.32. The molecule has 0 atom stereocenters. The molecule has 0 N–H and O–H groups in total. The van der Waals surface area contributed by atoms with Crippen LogP contribution in [-0.4, -0.2) is 17.5 Å². The molecule has 0 unspecified atom stereocenters. The van der Waals surface area contributed by atoms with Gasteiger partial charge in [0.15, 0.2) is 11.5 Å². The van der Waals surface area contributed by atoms with Crippen molar-refractivity contribution in [3.63, 3.8) is 0 Å². The van der Waals surface area contributed by atoms with E-state index in [0.717, 1.165) is 58.7 Å². The largest absolute Gasteiger partial charge is 0.454 e. The van der Waals surface area contributed by atoms with E-state index in [0.29, 0.717) is 0 Å². The van der Waals surface area contributed by atoms with Gasteiger partial charge in [-0.2, -0.15) is 0 Å². The summed E-state index contributed by atoms with van der Waals surface area (Å²) in [5.74, 6) is 0.981. The number of carbonyl (C=O) groups is 1. The summed E-state index contributed by atoms with van der Waals surface area (Å²) < 4.78 is 6.48. The molecule has 2 heterocycles. The molecule has 4 nitrogen and oxygen atoms in total. The lowest BCUT2D eigenvalue weighted by atomic mass is 9.71. The number of hydrazine groups is 1. The van der Waals surface area contributed by atoms with Crippen molar-refractivity contribution in [2.45, 2.75) is 67.2 Å². The van der Waals surface area contributed by atoms with E-state index in [-0.39, 0.29) is 16.6 Å². The molecule has 3 aromatic rings. The number of aryl methyl sites for hydroxylation is 1. The highest BCUT2D eigenvalue weighted by molar-refractivity contribution is 6.12. The van der Waals surface area contributed by atoms with Crippen molar-refractivity contribution in [3.05, 3.63) is 94.3 Å². The molecular weight excluding hydrogens is 468 g/mol. The Morgan fingerprint density at radius 2 is 1.53 bits per heavy atom. The lowest BCUT2D eigenvalue weighted by Crippen LogP contribution is -2.28. The number of fused-ring (bicyclic) bond motifs is 2. The van der Waals surface area contributed by atoms with Crippen LogP contribution in [0.5, 0.6) is 0 Å². The summed E-state index contributed by atoms with van der Waals surface area (Å²) in [6.45, 7) is 13.5. The number of nitrogens with zero attached hydrogens (tertiary/aromatic N) is 2. The second-order valence-corrected chi connectivity index (χ2v) is 13.0. The Bertz CT molecular complexity index is 1470. The van der Waals surface area contributed by atoms with Crippen molar-refractivity contribution in [2.24, 2.45) is 10.8 Å². The number of anilines is 1. The number of para-hydroxylation sites is 1. The Morgan fingerprint density at radius 3 is 2.21 bits per heavy atom. The molecule has 1 saturated heterocycles. The third kappa shape index (κ3) is 4.30. The van der Waals surface area contributed by atoms with Gasteiger partial charge < -0.3 is 4.42 Å². The predicted octanol–water partition coefficient (Wildman–Crippen LogP) is 8.25. The number of hydrogen-bond acceptors (Lipinski definition) is 4. The minimum absolute atomic E-state index is 0.150. The quantitative estimate of drug-likeness (QED) is 0.335. The van der Waals surface area contributed by atoms with E-state index in [1.165, 1.54) is 29.7 Å². The topological polar surface area (TPSA) is 36.2 Å². The third-order valence-corrected chi connectivity index (χ3v) is 8.02. The number of furan rings is 1. The molecule has 0 spiro atoms. The highest BCUT2D eigenvalue weighted by Gasteiger charge is 2.41. The molecule has 0 bridgehead atoms. The average Bonchev–Trinajstić information content (AvgIpc) is 3.52. The molecule has 1 fully saturated rings. The Labute approximate surface area is 226 Å². The van der Waals surface area contributed by atoms with Crippen molar-refractivity contribution in [1.29, 1.82) is 0 Å². The van der Waals surface area contributed by atoms with Gasteiger partial charge in [-0.15, -0.1) is 0 Å². The van der Waals surface area contributed by atoms with E-state index in [1.54, 1.807) is 0 Å². The smallest absolute Gasteiger partial charge is 0.186 e. The molecule has 2 aromatic carbocycles. The lowest BCUT2D eigenvalue weighted by molar-refractivity contribution is -0.114.